The lowest BCUT2D eigenvalue weighted by Crippen LogP contribution is -2.32. The molecule has 1 aliphatic rings. The Balaban J connectivity index is 1.89. The molecule has 0 radical (unpaired) electrons. The van der Waals surface area contributed by atoms with Gasteiger partial charge < -0.3 is 24.8 Å². The number of nitrogens with one attached hydrogen (secondary N) is 3. The van der Waals surface area contributed by atoms with Crippen molar-refractivity contribution in [1.29, 1.82) is 0 Å². The molecule has 0 spiro atoms. The average molecular weight is 388 g/mol. The number of aromatic nitrogens is 2. The zero-order chi connectivity index (χ0) is 20.1. The van der Waals surface area contributed by atoms with Crippen LogP contribution in [0.5, 0.6) is 11.5 Å². The monoisotopic (exact) mass is 388 g/mol. The highest BCUT2D eigenvalue weighted by Crippen LogP contribution is 2.31. The lowest BCUT2D eigenvalue weighted by Gasteiger charge is -2.21. The molecule has 150 valence electrons. The van der Waals surface area contributed by atoms with Gasteiger partial charge in [-0.1, -0.05) is 0 Å². The average Bonchev–Trinajstić information content (AvgIpc) is 3.16. The molecule has 28 heavy (non-hydrogen) atoms. The Hall–Kier alpha value is -3.07. The molecule has 2 aromatic rings. The minimum absolute atomic E-state index is 0.0458. The summed E-state index contributed by atoms with van der Waals surface area (Å²) in [5.74, 6) is 0.289. The van der Waals surface area contributed by atoms with Gasteiger partial charge in [-0.05, 0) is 12.1 Å². The topological polar surface area (TPSA) is 115 Å². The molecule has 1 aromatic heterocycles. The quantitative estimate of drug-likeness (QED) is 0.609. The molecular formula is C19H24N4O5. The lowest BCUT2D eigenvalue weighted by molar-refractivity contribution is -0.141. The van der Waals surface area contributed by atoms with E-state index < -0.39 is 12.0 Å². The SMILES string of the molecule is COC(=O)CC(NC(=O)c1n[nH]c2c1CNCC2)c1ccc(OC)cc1OC. The Morgan fingerprint density at radius 3 is 2.79 bits per heavy atom. The number of carbonyl (C=O) groups is 2. The van der Waals surface area contributed by atoms with E-state index in [1.165, 1.54) is 14.2 Å². The number of fused-ring (bicyclic) bond motifs is 1. The van der Waals surface area contributed by atoms with Gasteiger partial charge in [0.05, 0.1) is 33.8 Å². The number of ether oxygens (including phenoxy) is 3. The second kappa shape index (κ2) is 8.75. The number of benzene rings is 1. The van der Waals surface area contributed by atoms with Gasteiger partial charge in [0.15, 0.2) is 5.69 Å². The van der Waals surface area contributed by atoms with Crippen LogP contribution in [0.3, 0.4) is 0 Å². The number of methoxy groups -OCH3 is 3. The second-order valence-electron chi connectivity index (χ2n) is 6.37. The zero-order valence-corrected chi connectivity index (χ0v) is 16.1. The second-order valence-corrected chi connectivity index (χ2v) is 6.37. The van der Waals surface area contributed by atoms with Gasteiger partial charge in [0.2, 0.25) is 0 Å². The zero-order valence-electron chi connectivity index (χ0n) is 16.1. The fraction of sp³-hybridized carbons (Fsp3) is 0.421. The predicted octanol–water partition coefficient (Wildman–Crippen LogP) is 1.11. The highest BCUT2D eigenvalue weighted by atomic mass is 16.5. The first-order chi connectivity index (χ1) is 13.6. The van der Waals surface area contributed by atoms with E-state index in [0.717, 1.165) is 24.2 Å². The molecule has 1 aliphatic heterocycles. The number of hydrogen-bond acceptors (Lipinski definition) is 7. The molecule has 0 saturated carbocycles. The van der Waals surface area contributed by atoms with Gasteiger partial charge in [0, 0.05) is 42.4 Å². The number of aromatic amines is 1. The van der Waals surface area contributed by atoms with E-state index >= 15 is 0 Å². The van der Waals surface area contributed by atoms with Crippen LogP contribution in [0.25, 0.3) is 0 Å². The predicted molar refractivity (Wildman–Crippen MR) is 100 cm³/mol. The van der Waals surface area contributed by atoms with Crippen LogP contribution in [-0.2, 0) is 22.5 Å². The molecular weight excluding hydrogens is 364 g/mol. The van der Waals surface area contributed by atoms with Gasteiger partial charge in [-0.2, -0.15) is 5.10 Å². The van der Waals surface area contributed by atoms with Gasteiger partial charge >= 0.3 is 5.97 Å². The summed E-state index contributed by atoms with van der Waals surface area (Å²) in [5.41, 5.74) is 2.77. The minimum Gasteiger partial charge on any atom is -0.497 e. The highest BCUT2D eigenvalue weighted by molar-refractivity contribution is 5.94. The van der Waals surface area contributed by atoms with Crippen molar-refractivity contribution >= 4 is 11.9 Å². The smallest absolute Gasteiger partial charge is 0.307 e. The molecule has 1 amide bonds. The van der Waals surface area contributed by atoms with Crippen LogP contribution < -0.4 is 20.1 Å². The van der Waals surface area contributed by atoms with Gasteiger partial charge in [-0.3, -0.25) is 14.7 Å². The van der Waals surface area contributed by atoms with E-state index in [9.17, 15) is 9.59 Å². The van der Waals surface area contributed by atoms with Crippen molar-refractivity contribution in [2.75, 3.05) is 27.9 Å². The van der Waals surface area contributed by atoms with E-state index in [1.54, 1.807) is 25.3 Å². The third kappa shape index (κ3) is 4.09. The summed E-state index contributed by atoms with van der Waals surface area (Å²) >= 11 is 0. The van der Waals surface area contributed by atoms with Gasteiger partial charge in [-0.15, -0.1) is 0 Å². The summed E-state index contributed by atoms with van der Waals surface area (Å²) < 4.78 is 15.4. The first kappa shape index (κ1) is 19.7. The van der Waals surface area contributed by atoms with Crippen molar-refractivity contribution in [1.82, 2.24) is 20.8 Å². The normalized spacial score (nSPS) is 14.0. The van der Waals surface area contributed by atoms with E-state index in [2.05, 4.69) is 20.8 Å². The maximum atomic E-state index is 12.9. The van der Waals surface area contributed by atoms with E-state index in [-0.39, 0.29) is 12.3 Å². The van der Waals surface area contributed by atoms with Crippen molar-refractivity contribution in [3.8, 4) is 11.5 Å². The Morgan fingerprint density at radius 2 is 2.07 bits per heavy atom. The van der Waals surface area contributed by atoms with Gasteiger partial charge in [0.25, 0.3) is 5.91 Å². The Kier molecular flexibility index (Phi) is 6.15. The lowest BCUT2D eigenvalue weighted by atomic mass is 10.0. The van der Waals surface area contributed by atoms with Crippen LogP contribution in [0.4, 0.5) is 0 Å². The van der Waals surface area contributed by atoms with Crippen LogP contribution in [0.15, 0.2) is 18.2 Å². The van der Waals surface area contributed by atoms with Crippen LogP contribution in [0, 0.1) is 0 Å². The van der Waals surface area contributed by atoms with Crippen LogP contribution in [0.1, 0.15) is 39.8 Å². The maximum absolute atomic E-state index is 12.9. The molecule has 0 saturated heterocycles. The number of rotatable bonds is 7. The summed E-state index contributed by atoms with van der Waals surface area (Å²) in [5, 5.41) is 13.2. The van der Waals surface area contributed by atoms with E-state index in [4.69, 9.17) is 14.2 Å². The summed E-state index contributed by atoms with van der Waals surface area (Å²) in [6.45, 7) is 1.41. The van der Waals surface area contributed by atoms with Crippen molar-refractivity contribution < 1.29 is 23.8 Å². The molecule has 0 aliphatic carbocycles. The number of esters is 1. The molecule has 9 nitrogen and oxygen atoms in total. The third-order valence-electron chi connectivity index (χ3n) is 4.74. The summed E-state index contributed by atoms with van der Waals surface area (Å²) in [4.78, 5) is 24.9. The van der Waals surface area contributed by atoms with Gasteiger partial charge in [-0.25, -0.2) is 0 Å². The Morgan fingerprint density at radius 1 is 1.25 bits per heavy atom. The van der Waals surface area contributed by atoms with Crippen molar-refractivity contribution in [3.05, 3.63) is 40.7 Å². The van der Waals surface area contributed by atoms with E-state index in [1.807, 2.05) is 0 Å². The fourth-order valence-corrected chi connectivity index (χ4v) is 3.23. The van der Waals surface area contributed by atoms with Crippen molar-refractivity contribution in [2.45, 2.75) is 25.4 Å². The fourth-order valence-electron chi connectivity index (χ4n) is 3.23. The summed E-state index contributed by atoms with van der Waals surface area (Å²) in [6.07, 6.45) is 0.739. The number of amides is 1. The molecule has 0 fully saturated rings. The molecule has 3 rings (SSSR count). The first-order valence-corrected chi connectivity index (χ1v) is 8.93. The maximum Gasteiger partial charge on any atom is 0.307 e. The van der Waals surface area contributed by atoms with Gasteiger partial charge in [0.1, 0.15) is 11.5 Å². The molecule has 9 heteroatoms. The highest BCUT2D eigenvalue weighted by Gasteiger charge is 2.27. The molecule has 1 atom stereocenters. The number of carbonyl (C=O) groups excluding carboxylic acids is 2. The van der Waals surface area contributed by atoms with E-state index in [0.29, 0.717) is 29.3 Å². The minimum atomic E-state index is -0.648. The summed E-state index contributed by atoms with van der Waals surface area (Å²) in [6, 6.07) is 4.55. The van der Waals surface area contributed by atoms with Crippen LogP contribution in [-0.4, -0.2) is 49.9 Å². The summed E-state index contributed by atoms with van der Waals surface area (Å²) in [7, 11) is 4.38. The Bertz CT molecular complexity index is 864. The molecule has 1 aromatic carbocycles. The molecule has 0 bridgehead atoms. The van der Waals surface area contributed by atoms with Crippen molar-refractivity contribution in [2.24, 2.45) is 0 Å². The standard InChI is InChI=1S/C19H24N4O5/c1-26-11-4-5-12(16(8-11)27-2)15(9-17(24)28-3)21-19(25)18-13-10-20-7-6-14(13)22-23-18/h4-5,8,15,20H,6-7,9-10H2,1-3H3,(H,21,25)(H,22,23). The third-order valence-corrected chi connectivity index (χ3v) is 4.74. The number of hydrogen-bond donors (Lipinski definition) is 3. The Labute approximate surface area is 162 Å². The molecule has 1 unspecified atom stereocenters. The number of nitrogens with zero attached hydrogens (tertiary/aromatic N) is 1. The van der Waals surface area contributed by atoms with Crippen molar-refractivity contribution in [3.63, 3.8) is 0 Å². The van der Waals surface area contributed by atoms with Crippen LogP contribution >= 0.6 is 0 Å². The molecule has 3 N–H and O–H groups in total. The van der Waals surface area contributed by atoms with Crippen LogP contribution in [0.2, 0.25) is 0 Å². The first-order valence-electron chi connectivity index (χ1n) is 8.93. The number of H-pyrrole nitrogens is 1. The molecule has 2 heterocycles. The largest absolute Gasteiger partial charge is 0.497 e.